The molecule has 2 nitrogen and oxygen atoms in total. The Morgan fingerprint density at radius 2 is 2.00 bits per heavy atom. The first-order chi connectivity index (χ1) is 6.72. The van der Waals surface area contributed by atoms with Crippen molar-refractivity contribution in [2.24, 2.45) is 0 Å². The third-order valence-corrected chi connectivity index (χ3v) is 3.34. The molecule has 0 fully saturated rings. The molecule has 0 aromatic heterocycles. The molecule has 3 heteroatoms. The quantitative estimate of drug-likeness (QED) is 0.458. The SMILES string of the molecule is COC(=O)/C=C\[Se]c1ccc(C)cc1. The van der Waals surface area contributed by atoms with Gasteiger partial charge in [0.25, 0.3) is 0 Å². The summed E-state index contributed by atoms with van der Waals surface area (Å²) in [5.74, 6) is -0.293. The van der Waals surface area contributed by atoms with Gasteiger partial charge in [0, 0.05) is 0 Å². The predicted octanol–water partition coefficient (Wildman–Crippen LogP) is 1.01. The van der Waals surface area contributed by atoms with E-state index in [0.717, 1.165) is 0 Å². The Kier molecular flexibility index (Phi) is 4.44. The van der Waals surface area contributed by atoms with E-state index in [1.165, 1.54) is 23.2 Å². The molecule has 0 aliphatic rings. The Bertz CT molecular complexity index is 328. The van der Waals surface area contributed by atoms with Crippen molar-refractivity contribution in [3.8, 4) is 0 Å². The Hall–Kier alpha value is -1.05. The van der Waals surface area contributed by atoms with Crippen LogP contribution in [0.15, 0.2) is 35.3 Å². The van der Waals surface area contributed by atoms with Crippen LogP contribution in [0.3, 0.4) is 0 Å². The molecule has 0 unspecified atom stereocenters. The summed E-state index contributed by atoms with van der Waals surface area (Å²) >= 11 is 0.210. The van der Waals surface area contributed by atoms with E-state index in [2.05, 4.69) is 35.9 Å². The molecule has 14 heavy (non-hydrogen) atoms. The number of methoxy groups -OCH3 is 1. The van der Waals surface area contributed by atoms with Crippen LogP contribution >= 0.6 is 0 Å². The number of aryl methyl sites for hydroxylation is 1. The maximum absolute atomic E-state index is 10.8. The number of hydrogen-bond donors (Lipinski definition) is 0. The molecule has 0 amide bonds. The molecule has 0 atom stereocenters. The summed E-state index contributed by atoms with van der Waals surface area (Å²) in [4.78, 5) is 12.6. The number of ether oxygens (including phenoxy) is 1. The second-order valence-electron chi connectivity index (χ2n) is 2.76. The molecule has 0 aliphatic carbocycles. The van der Waals surface area contributed by atoms with Crippen molar-refractivity contribution in [3.05, 3.63) is 40.9 Å². The number of esters is 1. The van der Waals surface area contributed by atoms with Crippen LogP contribution in [0.1, 0.15) is 5.56 Å². The van der Waals surface area contributed by atoms with Crippen LogP contribution in [0.4, 0.5) is 0 Å². The average molecular weight is 255 g/mol. The number of hydrogen-bond acceptors (Lipinski definition) is 2. The molecule has 0 bridgehead atoms. The number of benzene rings is 1. The third kappa shape index (κ3) is 3.77. The van der Waals surface area contributed by atoms with Gasteiger partial charge in [-0.25, -0.2) is 0 Å². The fourth-order valence-corrected chi connectivity index (χ4v) is 2.17. The maximum atomic E-state index is 10.8. The van der Waals surface area contributed by atoms with Crippen LogP contribution in [-0.2, 0) is 9.53 Å². The van der Waals surface area contributed by atoms with Gasteiger partial charge < -0.3 is 0 Å². The fourth-order valence-electron chi connectivity index (χ4n) is 0.853. The molecule has 0 heterocycles. The first kappa shape index (κ1) is 11.0. The zero-order chi connectivity index (χ0) is 10.4. The number of carbonyl (C=O) groups is 1. The van der Waals surface area contributed by atoms with E-state index in [4.69, 9.17) is 0 Å². The van der Waals surface area contributed by atoms with Gasteiger partial charge in [0.2, 0.25) is 0 Å². The Morgan fingerprint density at radius 1 is 1.36 bits per heavy atom. The molecular formula is C11H12O2Se. The summed E-state index contributed by atoms with van der Waals surface area (Å²) in [7, 11) is 1.38. The van der Waals surface area contributed by atoms with Gasteiger partial charge in [-0.2, -0.15) is 0 Å². The van der Waals surface area contributed by atoms with E-state index >= 15 is 0 Å². The molecule has 0 saturated heterocycles. The summed E-state index contributed by atoms with van der Waals surface area (Å²) in [6, 6.07) is 8.31. The molecule has 0 saturated carbocycles. The van der Waals surface area contributed by atoms with E-state index in [-0.39, 0.29) is 20.9 Å². The van der Waals surface area contributed by atoms with Gasteiger partial charge in [-0.1, -0.05) is 0 Å². The summed E-state index contributed by atoms with van der Waals surface area (Å²) in [5, 5.41) is 0. The van der Waals surface area contributed by atoms with Crippen molar-refractivity contribution in [1.29, 1.82) is 0 Å². The van der Waals surface area contributed by atoms with E-state index in [1.54, 1.807) is 0 Å². The zero-order valence-electron chi connectivity index (χ0n) is 8.19. The van der Waals surface area contributed by atoms with Crippen molar-refractivity contribution in [3.63, 3.8) is 0 Å². The van der Waals surface area contributed by atoms with E-state index in [1.807, 2.05) is 4.97 Å². The summed E-state index contributed by atoms with van der Waals surface area (Å²) < 4.78 is 5.74. The second kappa shape index (κ2) is 5.63. The fraction of sp³-hybridized carbons (Fsp3) is 0.182. The standard InChI is InChI=1S/C11H12O2Se/c1-9-3-5-10(6-4-9)14-8-7-11(12)13-2/h3-8H,1-2H3/b8-7-. The monoisotopic (exact) mass is 256 g/mol. The third-order valence-electron chi connectivity index (χ3n) is 1.63. The van der Waals surface area contributed by atoms with Gasteiger partial charge in [-0.05, 0) is 0 Å². The number of rotatable bonds is 3. The molecule has 0 N–H and O–H groups in total. The minimum absolute atomic E-state index is 0.210. The van der Waals surface area contributed by atoms with Crippen LogP contribution in [0.2, 0.25) is 0 Å². The van der Waals surface area contributed by atoms with Crippen molar-refractivity contribution in [2.75, 3.05) is 7.11 Å². The molecule has 0 spiro atoms. The summed E-state index contributed by atoms with van der Waals surface area (Å²) in [6.07, 6.45) is 1.47. The van der Waals surface area contributed by atoms with Gasteiger partial charge in [0.15, 0.2) is 0 Å². The molecular weight excluding hydrogens is 243 g/mol. The molecule has 1 aromatic carbocycles. The normalized spacial score (nSPS) is 10.4. The van der Waals surface area contributed by atoms with Crippen LogP contribution in [-0.4, -0.2) is 28.0 Å². The Labute approximate surface area is 90.1 Å². The van der Waals surface area contributed by atoms with Gasteiger partial charge >= 0.3 is 89.8 Å². The first-order valence-corrected chi connectivity index (χ1v) is 6.05. The van der Waals surface area contributed by atoms with Crippen molar-refractivity contribution < 1.29 is 9.53 Å². The van der Waals surface area contributed by atoms with Gasteiger partial charge in [-0.3, -0.25) is 0 Å². The van der Waals surface area contributed by atoms with Crippen LogP contribution in [0.25, 0.3) is 0 Å². The van der Waals surface area contributed by atoms with E-state index < -0.39 is 0 Å². The molecule has 74 valence electrons. The number of carbonyl (C=O) groups excluding carboxylic acids is 1. The van der Waals surface area contributed by atoms with Crippen LogP contribution < -0.4 is 4.46 Å². The van der Waals surface area contributed by atoms with Gasteiger partial charge in [0.05, 0.1) is 0 Å². The Morgan fingerprint density at radius 3 is 2.57 bits per heavy atom. The summed E-state index contributed by atoms with van der Waals surface area (Å²) in [5.41, 5.74) is 1.25. The minimum atomic E-state index is -0.293. The molecule has 1 rings (SSSR count). The van der Waals surface area contributed by atoms with Crippen molar-refractivity contribution in [1.82, 2.24) is 0 Å². The van der Waals surface area contributed by atoms with E-state index in [9.17, 15) is 4.79 Å². The second-order valence-corrected chi connectivity index (χ2v) is 4.81. The topological polar surface area (TPSA) is 26.3 Å². The van der Waals surface area contributed by atoms with Crippen molar-refractivity contribution >= 4 is 25.4 Å². The summed E-state index contributed by atoms with van der Waals surface area (Å²) in [6.45, 7) is 2.06. The Balaban J connectivity index is 2.49. The molecule has 1 aromatic rings. The van der Waals surface area contributed by atoms with E-state index in [0.29, 0.717) is 0 Å². The zero-order valence-corrected chi connectivity index (χ0v) is 9.90. The van der Waals surface area contributed by atoms with Gasteiger partial charge in [0.1, 0.15) is 0 Å². The van der Waals surface area contributed by atoms with Gasteiger partial charge in [-0.15, -0.1) is 0 Å². The van der Waals surface area contributed by atoms with Crippen molar-refractivity contribution in [2.45, 2.75) is 6.92 Å². The van der Waals surface area contributed by atoms with Crippen LogP contribution in [0.5, 0.6) is 0 Å². The predicted molar refractivity (Wildman–Crippen MR) is 57.7 cm³/mol. The molecule has 0 aliphatic heterocycles. The first-order valence-electron chi connectivity index (χ1n) is 4.20. The average Bonchev–Trinajstić information content (AvgIpc) is 2.21. The molecule has 0 radical (unpaired) electrons. The van der Waals surface area contributed by atoms with Crippen LogP contribution in [0, 0.1) is 6.92 Å².